The van der Waals surface area contributed by atoms with Crippen LogP contribution in [0.4, 0.5) is 0 Å². The fourth-order valence-electron chi connectivity index (χ4n) is 2.93. The number of nitrogens with one attached hydrogen (secondary N) is 1. The van der Waals surface area contributed by atoms with E-state index < -0.39 is 0 Å². The molecule has 0 aromatic heterocycles. The molecule has 28 heavy (non-hydrogen) atoms. The third-order valence-electron chi connectivity index (χ3n) is 4.38. The summed E-state index contributed by atoms with van der Waals surface area (Å²) in [6, 6.07) is 13.3. The molecule has 0 bridgehead atoms. The molecule has 1 unspecified atom stereocenters. The molecule has 1 N–H and O–H groups in total. The standard InChI is InChI=1S/C23H29NO4/c1-16(2)14-20(18-8-10-19(26-3)11-9-18)24-23(25)13-7-17-6-12-21(27-4)22(15-17)28-5/h6-13,15-16,20H,14H2,1-5H3,(H,24,25)/b13-7+. The Morgan fingerprint density at radius 3 is 2.21 bits per heavy atom. The van der Waals surface area contributed by atoms with Crippen LogP contribution in [0.15, 0.2) is 48.5 Å². The molecule has 0 aliphatic carbocycles. The van der Waals surface area contributed by atoms with Gasteiger partial charge in [-0.2, -0.15) is 0 Å². The number of rotatable bonds is 9. The molecular formula is C23H29NO4. The molecule has 0 heterocycles. The van der Waals surface area contributed by atoms with Gasteiger partial charge in [0.15, 0.2) is 11.5 Å². The second-order valence-corrected chi connectivity index (χ2v) is 6.91. The van der Waals surface area contributed by atoms with Crippen molar-refractivity contribution in [1.82, 2.24) is 5.32 Å². The molecule has 0 spiro atoms. The van der Waals surface area contributed by atoms with Crippen LogP contribution in [0.5, 0.6) is 17.2 Å². The van der Waals surface area contributed by atoms with Crippen LogP contribution < -0.4 is 19.5 Å². The van der Waals surface area contributed by atoms with Crippen LogP contribution in [0.2, 0.25) is 0 Å². The van der Waals surface area contributed by atoms with Gasteiger partial charge < -0.3 is 19.5 Å². The van der Waals surface area contributed by atoms with E-state index in [-0.39, 0.29) is 11.9 Å². The van der Waals surface area contributed by atoms with Gasteiger partial charge in [0.25, 0.3) is 0 Å². The van der Waals surface area contributed by atoms with Gasteiger partial charge in [0.05, 0.1) is 27.4 Å². The number of carbonyl (C=O) groups is 1. The first-order chi connectivity index (χ1) is 13.5. The van der Waals surface area contributed by atoms with Gasteiger partial charge >= 0.3 is 0 Å². The molecule has 0 fully saturated rings. The highest BCUT2D eigenvalue weighted by molar-refractivity contribution is 5.92. The lowest BCUT2D eigenvalue weighted by atomic mass is 9.97. The maximum atomic E-state index is 12.5. The lowest BCUT2D eigenvalue weighted by molar-refractivity contribution is -0.117. The number of carbonyl (C=O) groups excluding carboxylic acids is 1. The van der Waals surface area contributed by atoms with Crippen LogP contribution in [0.3, 0.4) is 0 Å². The van der Waals surface area contributed by atoms with Crippen LogP contribution >= 0.6 is 0 Å². The van der Waals surface area contributed by atoms with Crippen molar-refractivity contribution in [3.05, 3.63) is 59.7 Å². The fraction of sp³-hybridized carbons (Fsp3) is 0.348. The van der Waals surface area contributed by atoms with Gasteiger partial charge in [-0.05, 0) is 53.8 Å². The molecule has 0 radical (unpaired) electrons. The molecule has 0 aliphatic rings. The summed E-state index contributed by atoms with van der Waals surface area (Å²) < 4.78 is 15.7. The van der Waals surface area contributed by atoms with E-state index in [4.69, 9.17) is 14.2 Å². The van der Waals surface area contributed by atoms with Crippen molar-refractivity contribution < 1.29 is 19.0 Å². The first-order valence-electron chi connectivity index (χ1n) is 9.31. The zero-order valence-electron chi connectivity index (χ0n) is 17.2. The third kappa shape index (κ3) is 6.05. The van der Waals surface area contributed by atoms with Gasteiger partial charge in [-0.15, -0.1) is 0 Å². The Bertz CT molecular complexity index is 797. The number of methoxy groups -OCH3 is 3. The Morgan fingerprint density at radius 2 is 1.64 bits per heavy atom. The van der Waals surface area contributed by atoms with Crippen LogP contribution in [-0.2, 0) is 4.79 Å². The average Bonchev–Trinajstić information content (AvgIpc) is 2.71. The number of hydrogen-bond acceptors (Lipinski definition) is 4. The van der Waals surface area contributed by atoms with E-state index in [0.717, 1.165) is 23.3 Å². The number of hydrogen-bond donors (Lipinski definition) is 1. The second kappa shape index (κ2) is 10.4. The highest BCUT2D eigenvalue weighted by atomic mass is 16.5. The highest BCUT2D eigenvalue weighted by Crippen LogP contribution is 2.28. The molecule has 0 aliphatic heterocycles. The van der Waals surface area contributed by atoms with Crippen LogP contribution in [-0.4, -0.2) is 27.2 Å². The average molecular weight is 383 g/mol. The molecule has 5 heteroatoms. The van der Waals surface area contributed by atoms with Crippen molar-refractivity contribution in [1.29, 1.82) is 0 Å². The maximum Gasteiger partial charge on any atom is 0.244 e. The minimum atomic E-state index is -0.142. The van der Waals surface area contributed by atoms with Crippen LogP contribution in [0.1, 0.15) is 37.4 Å². The van der Waals surface area contributed by atoms with E-state index in [1.807, 2.05) is 42.5 Å². The Labute approximate surface area is 167 Å². The van der Waals surface area contributed by atoms with E-state index in [2.05, 4.69) is 19.2 Å². The molecule has 5 nitrogen and oxygen atoms in total. The summed E-state index contributed by atoms with van der Waals surface area (Å²) in [5.41, 5.74) is 1.92. The van der Waals surface area contributed by atoms with Crippen LogP contribution in [0.25, 0.3) is 6.08 Å². The normalized spacial score (nSPS) is 12.1. The predicted octanol–water partition coefficient (Wildman–Crippen LogP) is 4.63. The predicted molar refractivity (Wildman–Crippen MR) is 112 cm³/mol. The van der Waals surface area contributed by atoms with Gasteiger partial charge in [0.2, 0.25) is 5.91 Å². The second-order valence-electron chi connectivity index (χ2n) is 6.91. The Kier molecular flexibility index (Phi) is 7.93. The molecular weight excluding hydrogens is 354 g/mol. The molecule has 1 amide bonds. The highest BCUT2D eigenvalue weighted by Gasteiger charge is 2.15. The van der Waals surface area contributed by atoms with E-state index in [9.17, 15) is 4.79 Å². The minimum absolute atomic E-state index is 0.0616. The van der Waals surface area contributed by atoms with Crippen molar-refractivity contribution in [3.8, 4) is 17.2 Å². The zero-order chi connectivity index (χ0) is 20.5. The SMILES string of the molecule is COc1ccc(C(CC(C)C)NC(=O)/C=C/c2ccc(OC)c(OC)c2)cc1. The van der Waals surface area contributed by atoms with Crippen molar-refractivity contribution in [2.45, 2.75) is 26.3 Å². The monoisotopic (exact) mass is 383 g/mol. The molecule has 150 valence electrons. The molecule has 0 saturated heterocycles. The van der Waals surface area contributed by atoms with Gasteiger partial charge in [-0.1, -0.05) is 32.0 Å². The number of ether oxygens (including phenoxy) is 3. The summed E-state index contributed by atoms with van der Waals surface area (Å²) in [6.45, 7) is 4.28. The summed E-state index contributed by atoms with van der Waals surface area (Å²) in [4.78, 5) is 12.5. The molecule has 1 atom stereocenters. The van der Waals surface area contributed by atoms with E-state index >= 15 is 0 Å². The lowest BCUT2D eigenvalue weighted by Gasteiger charge is -2.20. The quantitative estimate of drug-likeness (QED) is 0.642. The first-order valence-corrected chi connectivity index (χ1v) is 9.31. The maximum absolute atomic E-state index is 12.5. The summed E-state index contributed by atoms with van der Waals surface area (Å²) in [5, 5.41) is 3.10. The summed E-state index contributed by atoms with van der Waals surface area (Å²) in [5.74, 6) is 2.38. The van der Waals surface area contributed by atoms with E-state index in [1.54, 1.807) is 27.4 Å². The third-order valence-corrected chi connectivity index (χ3v) is 4.38. The summed E-state index contributed by atoms with van der Waals surface area (Å²) in [7, 11) is 4.82. The fourth-order valence-corrected chi connectivity index (χ4v) is 2.93. The Morgan fingerprint density at radius 1 is 0.964 bits per heavy atom. The van der Waals surface area contributed by atoms with Crippen molar-refractivity contribution in [2.24, 2.45) is 5.92 Å². The lowest BCUT2D eigenvalue weighted by Crippen LogP contribution is -2.27. The molecule has 2 rings (SSSR count). The molecule has 0 saturated carbocycles. The Hall–Kier alpha value is -2.95. The summed E-state index contributed by atoms with van der Waals surface area (Å²) >= 11 is 0. The van der Waals surface area contributed by atoms with E-state index in [1.165, 1.54) is 6.08 Å². The van der Waals surface area contributed by atoms with Crippen molar-refractivity contribution in [2.75, 3.05) is 21.3 Å². The largest absolute Gasteiger partial charge is 0.497 e. The summed E-state index contributed by atoms with van der Waals surface area (Å²) in [6.07, 6.45) is 4.15. The van der Waals surface area contributed by atoms with Gasteiger partial charge in [0, 0.05) is 6.08 Å². The van der Waals surface area contributed by atoms with E-state index in [0.29, 0.717) is 17.4 Å². The van der Waals surface area contributed by atoms with Gasteiger partial charge in [-0.25, -0.2) is 0 Å². The van der Waals surface area contributed by atoms with Crippen molar-refractivity contribution in [3.63, 3.8) is 0 Å². The molecule has 2 aromatic rings. The zero-order valence-corrected chi connectivity index (χ0v) is 17.2. The number of amides is 1. The van der Waals surface area contributed by atoms with Gasteiger partial charge in [-0.3, -0.25) is 4.79 Å². The van der Waals surface area contributed by atoms with Crippen LogP contribution in [0, 0.1) is 5.92 Å². The topological polar surface area (TPSA) is 56.8 Å². The van der Waals surface area contributed by atoms with Gasteiger partial charge in [0.1, 0.15) is 5.75 Å². The number of benzene rings is 2. The first kappa shape index (κ1) is 21.4. The molecule has 2 aromatic carbocycles. The minimum Gasteiger partial charge on any atom is -0.497 e. The van der Waals surface area contributed by atoms with Crippen molar-refractivity contribution >= 4 is 12.0 Å². The smallest absolute Gasteiger partial charge is 0.244 e. The Balaban J connectivity index is 2.11.